The van der Waals surface area contributed by atoms with Gasteiger partial charge in [-0.25, -0.2) is 0 Å². The van der Waals surface area contributed by atoms with E-state index in [1.807, 2.05) is 0 Å². The van der Waals surface area contributed by atoms with Crippen LogP contribution in [-0.4, -0.2) is 12.1 Å². The Morgan fingerprint density at radius 2 is 2.18 bits per heavy atom. The summed E-state index contributed by atoms with van der Waals surface area (Å²) in [6.45, 7) is 4.29. The van der Waals surface area contributed by atoms with Crippen LogP contribution in [-0.2, 0) is 0 Å². The first-order valence-corrected chi connectivity index (χ1v) is 5.25. The highest BCUT2D eigenvalue weighted by molar-refractivity contribution is 14.1. The fraction of sp³-hybridized carbons (Fsp3) is 0.571. The van der Waals surface area contributed by atoms with Crippen molar-refractivity contribution in [1.82, 2.24) is 4.98 Å². The first-order chi connectivity index (χ1) is 5.15. The Bertz CT molecular complexity index is 247. The molecule has 4 heteroatoms. The van der Waals surface area contributed by atoms with Crippen molar-refractivity contribution >= 4 is 33.9 Å². The smallest absolute Gasteiger partial charge is 0.228 e. The van der Waals surface area contributed by atoms with Gasteiger partial charge in [0.15, 0.2) is 3.01 Å². The normalized spacial score (nSPS) is 10.6. The van der Waals surface area contributed by atoms with Crippen molar-refractivity contribution < 1.29 is 4.74 Å². The molecule has 62 valence electrons. The lowest BCUT2D eigenvalue weighted by atomic mass is 10.2. The molecule has 0 aliphatic rings. The third-order valence-electron chi connectivity index (χ3n) is 1.31. The number of rotatable bonds is 2. The first kappa shape index (κ1) is 9.25. The predicted octanol–water partition coefficient (Wildman–Crippen LogP) is 2.88. The molecular formula is C7H10INOS. The number of hydrogen-bond donors (Lipinski definition) is 0. The molecule has 1 rings (SSSR count). The van der Waals surface area contributed by atoms with Gasteiger partial charge in [0.1, 0.15) is 0 Å². The highest BCUT2D eigenvalue weighted by Gasteiger charge is 2.12. The molecule has 0 aliphatic carbocycles. The first-order valence-electron chi connectivity index (χ1n) is 3.35. The van der Waals surface area contributed by atoms with Gasteiger partial charge in [-0.3, -0.25) is 0 Å². The molecule has 0 bridgehead atoms. The third-order valence-corrected chi connectivity index (χ3v) is 3.34. The molecule has 0 atom stereocenters. The van der Waals surface area contributed by atoms with Crippen molar-refractivity contribution in [1.29, 1.82) is 0 Å². The van der Waals surface area contributed by atoms with E-state index < -0.39 is 0 Å². The lowest BCUT2D eigenvalue weighted by molar-refractivity contribution is 0.394. The van der Waals surface area contributed by atoms with Crippen molar-refractivity contribution in [2.45, 2.75) is 19.8 Å². The molecule has 0 fully saturated rings. The third kappa shape index (κ3) is 2.05. The van der Waals surface area contributed by atoms with Crippen LogP contribution in [0.2, 0.25) is 0 Å². The van der Waals surface area contributed by atoms with Gasteiger partial charge < -0.3 is 4.74 Å². The Hall–Kier alpha value is 0.160. The standard InChI is InChI=1S/C7H10INOS/c1-4(2)5-6(10-3)9-7(8)11-5/h4H,1-3H3. The Morgan fingerprint density at radius 3 is 2.55 bits per heavy atom. The van der Waals surface area contributed by atoms with Crippen molar-refractivity contribution in [3.63, 3.8) is 0 Å². The van der Waals surface area contributed by atoms with E-state index in [0.717, 1.165) is 8.89 Å². The van der Waals surface area contributed by atoms with Crippen molar-refractivity contribution in [2.24, 2.45) is 0 Å². The number of halogens is 1. The Balaban J connectivity index is 3.02. The zero-order valence-corrected chi connectivity index (χ0v) is 9.69. The fourth-order valence-corrected chi connectivity index (χ4v) is 2.50. The predicted molar refractivity (Wildman–Crippen MR) is 55.5 cm³/mol. The van der Waals surface area contributed by atoms with Crippen LogP contribution in [0, 0.1) is 3.01 Å². The van der Waals surface area contributed by atoms with Gasteiger partial charge in [-0.1, -0.05) is 13.8 Å². The van der Waals surface area contributed by atoms with Gasteiger partial charge in [-0.05, 0) is 28.5 Å². The Morgan fingerprint density at radius 1 is 1.55 bits per heavy atom. The van der Waals surface area contributed by atoms with Gasteiger partial charge in [-0.15, -0.1) is 11.3 Å². The van der Waals surface area contributed by atoms with Crippen molar-refractivity contribution in [2.75, 3.05) is 7.11 Å². The molecule has 0 radical (unpaired) electrons. The topological polar surface area (TPSA) is 22.1 Å². The molecule has 0 N–H and O–H groups in total. The van der Waals surface area contributed by atoms with E-state index in [1.54, 1.807) is 18.4 Å². The zero-order chi connectivity index (χ0) is 8.43. The van der Waals surface area contributed by atoms with E-state index in [-0.39, 0.29) is 0 Å². The van der Waals surface area contributed by atoms with E-state index in [4.69, 9.17) is 4.74 Å². The van der Waals surface area contributed by atoms with E-state index in [0.29, 0.717) is 5.92 Å². The quantitative estimate of drug-likeness (QED) is 0.779. The monoisotopic (exact) mass is 283 g/mol. The molecule has 0 amide bonds. The molecule has 11 heavy (non-hydrogen) atoms. The molecule has 1 heterocycles. The lowest BCUT2D eigenvalue weighted by Crippen LogP contribution is -1.89. The highest BCUT2D eigenvalue weighted by atomic mass is 127. The minimum Gasteiger partial charge on any atom is -0.480 e. The number of hydrogen-bond acceptors (Lipinski definition) is 3. The zero-order valence-electron chi connectivity index (χ0n) is 6.72. The minimum absolute atomic E-state index is 0.506. The Kier molecular flexibility index (Phi) is 3.12. The molecule has 2 nitrogen and oxygen atoms in total. The summed E-state index contributed by atoms with van der Waals surface area (Å²) in [5.74, 6) is 1.29. The second-order valence-electron chi connectivity index (χ2n) is 2.50. The number of methoxy groups -OCH3 is 1. The summed E-state index contributed by atoms with van der Waals surface area (Å²) in [6, 6.07) is 0. The van der Waals surface area contributed by atoms with Gasteiger partial charge in [0.2, 0.25) is 5.88 Å². The van der Waals surface area contributed by atoms with Gasteiger partial charge in [-0.2, -0.15) is 4.98 Å². The van der Waals surface area contributed by atoms with Gasteiger partial charge in [0, 0.05) is 0 Å². The summed E-state index contributed by atoms with van der Waals surface area (Å²) in [7, 11) is 1.66. The molecule has 0 unspecified atom stereocenters. The maximum atomic E-state index is 5.12. The summed E-state index contributed by atoms with van der Waals surface area (Å²) in [5.41, 5.74) is 0. The number of aromatic nitrogens is 1. The van der Waals surface area contributed by atoms with Crippen molar-refractivity contribution in [3.8, 4) is 5.88 Å². The van der Waals surface area contributed by atoms with E-state index in [1.165, 1.54) is 4.88 Å². The van der Waals surface area contributed by atoms with Crippen LogP contribution in [0.4, 0.5) is 0 Å². The Labute approximate surface area is 84.1 Å². The van der Waals surface area contributed by atoms with Crippen LogP contribution in [0.3, 0.4) is 0 Å². The number of thiazole rings is 1. The molecule has 0 spiro atoms. The average molecular weight is 283 g/mol. The second-order valence-corrected chi connectivity index (χ2v) is 5.28. The van der Waals surface area contributed by atoms with Crippen molar-refractivity contribution in [3.05, 3.63) is 7.89 Å². The van der Waals surface area contributed by atoms with Crippen LogP contribution >= 0.6 is 33.9 Å². The summed E-state index contributed by atoms with van der Waals surface area (Å²) in [6.07, 6.45) is 0. The average Bonchev–Trinajstić information content (AvgIpc) is 2.30. The molecule has 0 saturated carbocycles. The van der Waals surface area contributed by atoms with Crippen LogP contribution < -0.4 is 4.74 Å². The van der Waals surface area contributed by atoms with Gasteiger partial charge in [0.25, 0.3) is 0 Å². The van der Waals surface area contributed by atoms with Crippen LogP contribution in [0.5, 0.6) is 5.88 Å². The second kappa shape index (κ2) is 3.71. The molecule has 0 saturated heterocycles. The minimum atomic E-state index is 0.506. The number of nitrogens with zero attached hydrogens (tertiary/aromatic N) is 1. The lowest BCUT2D eigenvalue weighted by Gasteiger charge is -2.01. The summed E-state index contributed by atoms with van der Waals surface area (Å²) in [4.78, 5) is 5.47. The molecule has 1 aromatic rings. The van der Waals surface area contributed by atoms with Crippen LogP contribution in [0.25, 0.3) is 0 Å². The van der Waals surface area contributed by atoms with Gasteiger partial charge in [0.05, 0.1) is 12.0 Å². The summed E-state index contributed by atoms with van der Waals surface area (Å²) in [5, 5.41) is 0. The molecule has 1 aromatic heterocycles. The SMILES string of the molecule is COc1nc(I)sc1C(C)C. The largest absolute Gasteiger partial charge is 0.480 e. The van der Waals surface area contributed by atoms with Gasteiger partial charge >= 0.3 is 0 Å². The van der Waals surface area contributed by atoms with Crippen LogP contribution in [0.15, 0.2) is 0 Å². The van der Waals surface area contributed by atoms with E-state index in [9.17, 15) is 0 Å². The molecule has 0 aliphatic heterocycles. The maximum Gasteiger partial charge on any atom is 0.228 e. The summed E-state index contributed by atoms with van der Waals surface area (Å²) < 4.78 is 6.17. The number of ether oxygens (including phenoxy) is 1. The van der Waals surface area contributed by atoms with E-state index >= 15 is 0 Å². The molecular weight excluding hydrogens is 273 g/mol. The summed E-state index contributed by atoms with van der Waals surface area (Å²) >= 11 is 3.91. The maximum absolute atomic E-state index is 5.12. The van der Waals surface area contributed by atoms with Crippen LogP contribution in [0.1, 0.15) is 24.6 Å². The molecule has 0 aromatic carbocycles. The highest BCUT2D eigenvalue weighted by Crippen LogP contribution is 2.32. The fourth-order valence-electron chi connectivity index (χ4n) is 0.803. The van der Waals surface area contributed by atoms with E-state index in [2.05, 4.69) is 41.4 Å².